The molecule has 0 bridgehead atoms. The quantitative estimate of drug-likeness (QED) is 0.0127. The largest absolute Gasteiger partial charge is 0.481 e. The van der Waals surface area contributed by atoms with Crippen LogP contribution in [0.3, 0.4) is 0 Å². The molecule has 0 saturated carbocycles. The van der Waals surface area contributed by atoms with Gasteiger partial charge in [-0.05, 0) is 99.8 Å². The predicted octanol–water partition coefficient (Wildman–Crippen LogP) is -6.46. The van der Waals surface area contributed by atoms with E-state index in [1.54, 1.807) is 88.4 Å². The lowest BCUT2D eigenvalue weighted by Crippen LogP contribution is -2.61. The van der Waals surface area contributed by atoms with Crippen molar-refractivity contribution in [3.05, 3.63) is 71.8 Å². The molecule has 0 aliphatic carbocycles. The van der Waals surface area contributed by atoms with Crippen LogP contribution in [-0.4, -0.2) is 234 Å². The molecule has 656 valence electrons. The van der Waals surface area contributed by atoms with E-state index < -0.39 is 235 Å². The summed E-state index contributed by atoms with van der Waals surface area (Å²) in [6.07, 6.45) is -2.62. The Hall–Kier alpha value is -11.2. The monoisotopic (exact) mass is 1700 g/mol. The topological polar surface area (TPSA) is 690 Å². The average Bonchev–Trinajstić information content (AvgIpc) is 0.850. The number of thiol groups is 2. The van der Waals surface area contributed by atoms with Gasteiger partial charge in [0.15, 0.2) is 5.96 Å². The van der Waals surface area contributed by atoms with Gasteiger partial charge < -0.3 is 120 Å². The molecule has 0 saturated heterocycles. The summed E-state index contributed by atoms with van der Waals surface area (Å²) in [5.74, 6) is -20.2. The maximum Gasteiger partial charge on any atom is 0.303 e. The first-order valence-corrected chi connectivity index (χ1v) is 40.0. The Morgan fingerprint density at radius 3 is 1.19 bits per heavy atom. The number of aliphatic imine (C=N–C) groups is 1. The molecule has 0 fully saturated rings. The SMILES string of the molecule is CC[C@H](C)[C@H](NC(=O)[C@H](CCC(=O)O)NC(=O)[C@H](CCCCN)NC(=O)CNC(=O)[C@H](CC(N)=O)NC(=O)[C@@H](NC(=O)[C@H](CCCN)NC(=O)[C@@H](NC(=O)[C@H](Cc1ccccc1)NC(=O)[C@H](CCCN=C(N)N)NC(=O)[C@H](CS)NC(C)=O)C(C)C)C(C)C)C(=O)N[C@@H](Cc1ccccc1)C(=O)N[C@@H](CCC(N)=O)C(=O)N[C@@H](CS)C(N)=O. The number of carboxylic acid groups (broad SMARTS) is 1. The Kier molecular flexibility index (Phi) is 47.6. The molecule has 0 radical (unpaired) electrons. The number of nitrogens with zero attached hydrogens (tertiary/aromatic N) is 1. The molecule has 43 heteroatoms. The lowest BCUT2D eigenvalue weighted by Gasteiger charge is -2.30. The zero-order valence-electron chi connectivity index (χ0n) is 67.5. The summed E-state index contributed by atoms with van der Waals surface area (Å²) >= 11 is 8.21. The highest BCUT2D eigenvalue weighted by Crippen LogP contribution is 2.16. The second kappa shape index (κ2) is 54.7. The summed E-state index contributed by atoms with van der Waals surface area (Å²) in [5.41, 5.74) is 40.0. The second-order valence-corrected chi connectivity index (χ2v) is 29.6. The number of guanidine groups is 1. The van der Waals surface area contributed by atoms with Gasteiger partial charge >= 0.3 is 5.97 Å². The van der Waals surface area contributed by atoms with Crippen LogP contribution in [-0.2, 0) is 99.1 Å². The van der Waals surface area contributed by atoms with E-state index in [0.717, 1.165) is 0 Å². The van der Waals surface area contributed by atoms with Crippen LogP contribution >= 0.6 is 25.3 Å². The number of carbonyl (C=O) groups excluding carboxylic acids is 17. The first-order chi connectivity index (χ1) is 55.7. The zero-order chi connectivity index (χ0) is 88.9. The molecule has 2 aromatic carbocycles. The fourth-order valence-corrected chi connectivity index (χ4v) is 12.1. The molecule has 17 amide bonds. The molecule has 2 aromatic rings. The van der Waals surface area contributed by atoms with Gasteiger partial charge in [-0.3, -0.25) is 91.3 Å². The van der Waals surface area contributed by atoms with E-state index in [4.69, 9.17) is 40.1 Å². The Bertz CT molecular complexity index is 3750. The first-order valence-electron chi connectivity index (χ1n) is 38.7. The van der Waals surface area contributed by atoms with Gasteiger partial charge in [-0.1, -0.05) is 109 Å². The van der Waals surface area contributed by atoms with Gasteiger partial charge in [0.2, 0.25) is 100 Å². The van der Waals surface area contributed by atoms with Crippen molar-refractivity contribution in [2.24, 2.45) is 62.9 Å². The van der Waals surface area contributed by atoms with E-state index in [1.165, 1.54) is 20.8 Å². The smallest absolute Gasteiger partial charge is 0.303 e. The normalized spacial score (nSPS) is 14.6. The molecule has 118 heavy (non-hydrogen) atoms. The third-order valence-corrected chi connectivity index (χ3v) is 19.1. The van der Waals surface area contributed by atoms with Crippen molar-refractivity contribution < 1.29 is 91.4 Å². The first kappa shape index (κ1) is 103. The maximum atomic E-state index is 14.5. The van der Waals surface area contributed by atoms with Crippen molar-refractivity contribution in [3.63, 3.8) is 0 Å². The number of nitrogens with one attached hydrogen (secondary N) is 14. The molecular weight excluding hydrogens is 1580 g/mol. The number of carbonyl (C=O) groups is 18. The second-order valence-electron chi connectivity index (χ2n) is 28.8. The standard InChI is InChI=1S/C75H120N22O19S2/c1-8-41(6)61(74(116)92-50(33-43-19-11-9-12-20-43)69(111)89-48(26-28-55(78)99)66(108)94-53(37-117)62(80)104)97-68(110)49(27-29-58(102)103)88-64(106)45(23-15-16-30-76)86-57(101)36-84-63(105)52(35-56(79)100)93-73(115)60(40(4)5)95-67(109)46(24-17-31-77)90-72(114)59(39(2)3)96-70(112)51(34-44-21-13-10-14-22-44)91-65(107)47(25-18-32-83-75(81)82)87-71(113)54(38-118)85-42(7)98/h9-14,19-22,39-41,45-54,59-61,117-118H,8,15-18,23-38,76-77H2,1-7H3,(H2,78,99)(H2,79,100)(H2,80,104)(H,84,105)(H,85,98)(H,86,101)(H,87,113)(H,88,106)(H,89,111)(H,90,114)(H,91,107)(H,92,116)(H,93,115)(H,94,108)(H,95,109)(H,96,112)(H,97,110)(H,102,103)(H4,81,82,83)/t41-,45-,46-,47-,48-,49-,50-,51-,52-,53-,54-,59-,60-,61-/m0/s1. The van der Waals surface area contributed by atoms with Crippen LogP contribution in [0.15, 0.2) is 65.7 Å². The van der Waals surface area contributed by atoms with Crippen molar-refractivity contribution in [2.75, 3.05) is 37.7 Å². The summed E-state index contributed by atoms with van der Waals surface area (Å²) in [5, 5.41) is 45.0. The predicted molar refractivity (Wildman–Crippen MR) is 440 cm³/mol. The highest BCUT2D eigenvalue weighted by molar-refractivity contribution is 7.80. The van der Waals surface area contributed by atoms with Gasteiger partial charge in [0, 0.05) is 50.7 Å². The minimum Gasteiger partial charge on any atom is -0.481 e. The summed E-state index contributed by atoms with van der Waals surface area (Å²) in [7, 11) is 0. The molecule has 0 aromatic heterocycles. The number of hydrogen-bond donors (Lipinski definition) is 24. The summed E-state index contributed by atoms with van der Waals surface area (Å²) in [4.78, 5) is 248. The van der Waals surface area contributed by atoms with Gasteiger partial charge in [-0.15, -0.1) is 0 Å². The third-order valence-electron chi connectivity index (χ3n) is 18.4. The summed E-state index contributed by atoms with van der Waals surface area (Å²) < 4.78 is 0. The van der Waals surface area contributed by atoms with Crippen LogP contribution < -0.4 is 115 Å². The number of nitrogens with two attached hydrogens (primary N) is 7. The molecule has 0 aliphatic heterocycles. The van der Waals surface area contributed by atoms with E-state index in [0.29, 0.717) is 17.5 Å². The number of carboxylic acids is 1. The summed E-state index contributed by atoms with van der Waals surface area (Å²) in [6, 6.07) is -2.43. The van der Waals surface area contributed by atoms with Crippen molar-refractivity contribution in [1.82, 2.24) is 74.4 Å². The van der Waals surface area contributed by atoms with E-state index in [9.17, 15) is 91.4 Å². The number of unbranched alkanes of at least 4 members (excludes halogenated alkanes) is 1. The molecule has 0 heterocycles. The highest BCUT2D eigenvalue weighted by atomic mass is 32.1. The van der Waals surface area contributed by atoms with Crippen molar-refractivity contribution in [2.45, 2.75) is 223 Å². The number of rotatable bonds is 57. The van der Waals surface area contributed by atoms with Crippen LogP contribution in [0.25, 0.3) is 0 Å². The molecule has 41 nitrogen and oxygen atoms in total. The number of aliphatic carboxylic acids is 1. The van der Waals surface area contributed by atoms with E-state index >= 15 is 0 Å². The third kappa shape index (κ3) is 39.2. The van der Waals surface area contributed by atoms with Gasteiger partial charge in [-0.25, -0.2) is 0 Å². The average molecular weight is 1700 g/mol. The fraction of sp³-hybridized carbons (Fsp3) is 0.587. The highest BCUT2D eigenvalue weighted by Gasteiger charge is 2.39. The summed E-state index contributed by atoms with van der Waals surface area (Å²) in [6.45, 7) is 9.90. The molecular formula is C75H120N22O19S2. The van der Waals surface area contributed by atoms with Crippen LogP contribution in [0.1, 0.15) is 143 Å². The van der Waals surface area contributed by atoms with Crippen LogP contribution in [0.2, 0.25) is 0 Å². The van der Waals surface area contributed by atoms with Crippen molar-refractivity contribution in [3.8, 4) is 0 Å². The number of benzene rings is 2. The molecule has 0 aliphatic rings. The number of amides is 17. The zero-order valence-corrected chi connectivity index (χ0v) is 69.3. The van der Waals surface area contributed by atoms with E-state index in [1.807, 2.05) is 0 Å². The number of hydrogen-bond acceptors (Lipinski definition) is 23. The Labute approximate surface area is 695 Å². The Balaban J connectivity index is 2.45. The number of primary amides is 3. The van der Waals surface area contributed by atoms with Crippen molar-refractivity contribution >= 4 is 138 Å². The molecule has 14 atom stereocenters. The van der Waals surface area contributed by atoms with Gasteiger partial charge in [0.25, 0.3) is 0 Å². The molecule has 2 rings (SSSR count). The Morgan fingerprint density at radius 1 is 0.398 bits per heavy atom. The van der Waals surface area contributed by atoms with Crippen LogP contribution in [0.4, 0.5) is 0 Å². The Morgan fingerprint density at radius 2 is 0.771 bits per heavy atom. The van der Waals surface area contributed by atoms with Crippen LogP contribution in [0, 0.1) is 17.8 Å². The molecule has 0 unspecified atom stereocenters. The van der Waals surface area contributed by atoms with Crippen LogP contribution in [0.5, 0.6) is 0 Å². The van der Waals surface area contributed by atoms with Crippen molar-refractivity contribution in [1.29, 1.82) is 0 Å². The van der Waals surface area contributed by atoms with Gasteiger partial charge in [0.05, 0.1) is 13.0 Å². The lowest BCUT2D eigenvalue weighted by molar-refractivity contribution is -0.139. The van der Waals surface area contributed by atoms with Gasteiger partial charge in [0.1, 0.15) is 78.5 Å². The molecule has 29 N–H and O–H groups in total. The van der Waals surface area contributed by atoms with Gasteiger partial charge in [-0.2, -0.15) is 25.3 Å². The minimum absolute atomic E-state index is 0.0157. The lowest BCUT2D eigenvalue weighted by atomic mass is 9.96. The van der Waals surface area contributed by atoms with E-state index in [-0.39, 0.29) is 101 Å². The fourth-order valence-electron chi connectivity index (χ4n) is 11.6. The molecule has 0 spiro atoms. The maximum absolute atomic E-state index is 14.5. The van der Waals surface area contributed by atoms with E-state index in [2.05, 4.69) is 105 Å². The minimum atomic E-state index is -1.83.